The van der Waals surface area contributed by atoms with Gasteiger partial charge in [-0.2, -0.15) is 0 Å². The van der Waals surface area contributed by atoms with Crippen molar-refractivity contribution >= 4 is 17.8 Å². The zero-order valence-corrected chi connectivity index (χ0v) is 11.5. The highest BCUT2D eigenvalue weighted by molar-refractivity contribution is 6.20. The summed E-state index contributed by atoms with van der Waals surface area (Å²) in [6, 6.07) is 6.28. The van der Waals surface area contributed by atoms with Gasteiger partial charge >= 0.3 is 5.97 Å². The Bertz CT molecular complexity index is 521. The number of hydrogen-bond donors (Lipinski definition) is 0. The van der Waals surface area contributed by atoms with E-state index < -0.39 is 17.8 Å². The van der Waals surface area contributed by atoms with Gasteiger partial charge in [0.2, 0.25) is 0 Å². The maximum atomic E-state index is 11.9. The van der Waals surface area contributed by atoms with E-state index in [2.05, 4.69) is 0 Å². The molecule has 7 nitrogen and oxygen atoms in total. The molecule has 2 rings (SSSR count). The van der Waals surface area contributed by atoms with Gasteiger partial charge in [0.1, 0.15) is 6.61 Å². The molecule has 0 aliphatic carbocycles. The third kappa shape index (κ3) is 3.45. The second kappa shape index (κ2) is 6.96. The number of carbonyl (C=O) groups excluding carboxylic acids is 3. The molecule has 21 heavy (non-hydrogen) atoms. The van der Waals surface area contributed by atoms with Crippen LogP contribution in [-0.2, 0) is 19.1 Å². The van der Waals surface area contributed by atoms with Gasteiger partial charge in [0, 0.05) is 20.3 Å². The van der Waals surface area contributed by atoms with Crippen LogP contribution in [0, 0.1) is 0 Å². The first-order chi connectivity index (χ1) is 10.1. The lowest BCUT2D eigenvalue weighted by Crippen LogP contribution is -2.34. The summed E-state index contributed by atoms with van der Waals surface area (Å²) in [5.41, 5.74) is 0.438. The van der Waals surface area contributed by atoms with Gasteiger partial charge in [0.15, 0.2) is 0 Å². The topological polar surface area (TPSA) is 82.1 Å². The maximum absolute atomic E-state index is 11.9. The Hall–Kier alpha value is -2.25. The highest BCUT2D eigenvalue weighted by atomic mass is 16.7. The first-order valence-corrected chi connectivity index (χ1v) is 6.40. The summed E-state index contributed by atoms with van der Waals surface area (Å²) in [7, 11) is 1.57. The highest BCUT2D eigenvalue weighted by Gasteiger charge is 2.38. The largest absolute Gasteiger partial charge is 0.385 e. The van der Waals surface area contributed by atoms with Crippen molar-refractivity contribution < 1.29 is 28.7 Å². The van der Waals surface area contributed by atoms with Gasteiger partial charge in [0.25, 0.3) is 11.8 Å². The summed E-state index contributed by atoms with van der Waals surface area (Å²) in [6.07, 6.45) is 0.636. The molecular formula is C14H15NO6. The minimum atomic E-state index is -0.804. The van der Waals surface area contributed by atoms with Gasteiger partial charge in [-0.1, -0.05) is 17.2 Å². The van der Waals surface area contributed by atoms with Crippen LogP contribution in [0.2, 0.25) is 0 Å². The number of nitrogens with zero attached hydrogens (tertiary/aromatic N) is 1. The van der Waals surface area contributed by atoms with Crippen LogP contribution in [0.1, 0.15) is 27.1 Å². The van der Waals surface area contributed by atoms with Gasteiger partial charge in [-0.15, -0.1) is 0 Å². The average molecular weight is 293 g/mol. The molecule has 112 valence electrons. The standard InChI is InChI=1S/C14H15NO6/c1-19-7-4-8-20-9-12(16)21-15-13(17)10-5-2-3-6-11(10)14(15)18/h2-3,5-6H,4,7-9H2,1H3. The molecule has 1 aromatic rings. The summed E-state index contributed by atoms with van der Waals surface area (Å²) in [5.74, 6) is -2.10. The smallest absolute Gasteiger partial charge is 0.358 e. The van der Waals surface area contributed by atoms with E-state index in [1.54, 1.807) is 19.2 Å². The van der Waals surface area contributed by atoms with Crippen LogP contribution in [0.25, 0.3) is 0 Å². The van der Waals surface area contributed by atoms with E-state index in [9.17, 15) is 14.4 Å². The number of fused-ring (bicyclic) bond motifs is 1. The highest BCUT2D eigenvalue weighted by Crippen LogP contribution is 2.22. The quantitative estimate of drug-likeness (QED) is 0.546. The number of ether oxygens (including phenoxy) is 2. The molecule has 1 aliphatic rings. The van der Waals surface area contributed by atoms with E-state index in [0.29, 0.717) is 24.7 Å². The van der Waals surface area contributed by atoms with E-state index >= 15 is 0 Å². The fourth-order valence-electron chi connectivity index (χ4n) is 1.84. The molecule has 1 heterocycles. The summed E-state index contributed by atoms with van der Waals surface area (Å²) in [5, 5.41) is 0.464. The maximum Gasteiger partial charge on any atom is 0.358 e. The van der Waals surface area contributed by atoms with Crippen molar-refractivity contribution in [2.75, 3.05) is 26.9 Å². The summed E-state index contributed by atoms with van der Waals surface area (Å²) in [6.45, 7) is 0.510. The zero-order chi connectivity index (χ0) is 15.2. The van der Waals surface area contributed by atoms with Crippen molar-refractivity contribution in [3.8, 4) is 0 Å². The van der Waals surface area contributed by atoms with Crippen LogP contribution in [0.15, 0.2) is 24.3 Å². The van der Waals surface area contributed by atoms with E-state index in [-0.39, 0.29) is 17.7 Å². The van der Waals surface area contributed by atoms with Crippen LogP contribution in [0.4, 0.5) is 0 Å². The Morgan fingerprint density at radius 3 is 2.29 bits per heavy atom. The van der Waals surface area contributed by atoms with Crippen molar-refractivity contribution in [2.24, 2.45) is 0 Å². The Morgan fingerprint density at radius 2 is 1.71 bits per heavy atom. The third-order valence-corrected chi connectivity index (χ3v) is 2.81. The first-order valence-electron chi connectivity index (χ1n) is 6.40. The van der Waals surface area contributed by atoms with E-state index in [4.69, 9.17) is 14.3 Å². The number of hydrogen-bond acceptors (Lipinski definition) is 6. The first kappa shape index (κ1) is 15.1. The Kier molecular flexibility index (Phi) is 5.02. The Labute approximate surface area is 121 Å². The van der Waals surface area contributed by atoms with Gasteiger partial charge in [0.05, 0.1) is 11.1 Å². The SMILES string of the molecule is COCCCOCC(=O)ON1C(=O)c2ccccc2C1=O. The molecule has 0 bridgehead atoms. The van der Waals surface area contributed by atoms with Crippen LogP contribution in [0.3, 0.4) is 0 Å². The molecule has 0 spiro atoms. The number of hydroxylamine groups is 2. The molecule has 0 unspecified atom stereocenters. The minimum absolute atomic E-state index is 0.219. The molecule has 0 aromatic heterocycles. The number of imide groups is 1. The molecule has 0 fully saturated rings. The fourth-order valence-corrected chi connectivity index (χ4v) is 1.84. The van der Waals surface area contributed by atoms with Crippen molar-refractivity contribution in [3.05, 3.63) is 35.4 Å². The molecule has 0 N–H and O–H groups in total. The lowest BCUT2D eigenvalue weighted by atomic mass is 10.1. The molecule has 0 saturated carbocycles. The van der Waals surface area contributed by atoms with Crippen LogP contribution in [0.5, 0.6) is 0 Å². The predicted molar refractivity (Wildman–Crippen MR) is 70.3 cm³/mol. The molecule has 1 aromatic carbocycles. The number of amides is 2. The van der Waals surface area contributed by atoms with E-state index in [1.807, 2.05) is 0 Å². The molecular weight excluding hydrogens is 278 g/mol. The molecule has 0 atom stereocenters. The molecule has 7 heteroatoms. The van der Waals surface area contributed by atoms with Crippen LogP contribution >= 0.6 is 0 Å². The second-order valence-electron chi connectivity index (χ2n) is 4.31. The second-order valence-corrected chi connectivity index (χ2v) is 4.31. The van der Waals surface area contributed by atoms with Crippen LogP contribution in [-0.4, -0.2) is 49.8 Å². The third-order valence-electron chi connectivity index (χ3n) is 2.81. The van der Waals surface area contributed by atoms with E-state index in [1.165, 1.54) is 12.1 Å². The van der Waals surface area contributed by atoms with Crippen LogP contribution < -0.4 is 0 Å². The number of carbonyl (C=O) groups is 3. The van der Waals surface area contributed by atoms with Crippen molar-refractivity contribution in [1.82, 2.24) is 5.06 Å². The Morgan fingerprint density at radius 1 is 1.10 bits per heavy atom. The average Bonchev–Trinajstić information content (AvgIpc) is 2.73. The Balaban J connectivity index is 1.86. The summed E-state index contributed by atoms with van der Waals surface area (Å²) in [4.78, 5) is 40.2. The normalized spacial score (nSPS) is 13.5. The lowest BCUT2D eigenvalue weighted by molar-refractivity contribution is -0.173. The predicted octanol–water partition coefficient (Wildman–Crippen LogP) is 0.794. The van der Waals surface area contributed by atoms with Gasteiger partial charge in [-0.05, 0) is 18.6 Å². The van der Waals surface area contributed by atoms with Crippen molar-refractivity contribution in [3.63, 3.8) is 0 Å². The number of methoxy groups -OCH3 is 1. The van der Waals surface area contributed by atoms with Crippen molar-refractivity contribution in [2.45, 2.75) is 6.42 Å². The zero-order valence-electron chi connectivity index (χ0n) is 11.5. The summed E-state index contributed by atoms with van der Waals surface area (Å²) < 4.78 is 9.88. The van der Waals surface area contributed by atoms with Gasteiger partial charge in [-0.3, -0.25) is 9.59 Å². The molecule has 0 saturated heterocycles. The summed E-state index contributed by atoms with van der Waals surface area (Å²) >= 11 is 0. The number of rotatable bonds is 7. The number of benzene rings is 1. The molecule has 1 aliphatic heterocycles. The van der Waals surface area contributed by atoms with Crippen molar-refractivity contribution in [1.29, 1.82) is 0 Å². The fraction of sp³-hybridized carbons (Fsp3) is 0.357. The van der Waals surface area contributed by atoms with Gasteiger partial charge in [-0.25, -0.2) is 4.79 Å². The van der Waals surface area contributed by atoms with Gasteiger partial charge < -0.3 is 14.3 Å². The van der Waals surface area contributed by atoms with E-state index in [0.717, 1.165) is 0 Å². The molecule has 0 radical (unpaired) electrons. The lowest BCUT2D eigenvalue weighted by Gasteiger charge is -2.12. The molecule has 2 amide bonds. The monoisotopic (exact) mass is 293 g/mol. The minimum Gasteiger partial charge on any atom is -0.385 e.